The monoisotopic (exact) mass is 531 g/mol. The average Bonchev–Trinajstić information content (AvgIpc) is 2.50. The van der Waals surface area contributed by atoms with Crippen LogP contribution in [-0.2, 0) is 9.53 Å². The summed E-state index contributed by atoms with van der Waals surface area (Å²) in [6.45, 7) is 2.05. The summed E-state index contributed by atoms with van der Waals surface area (Å²) in [5.74, 6) is -51.8. The molecular weight excluding hydrogens is 519 g/mol. The zero-order chi connectivity index (χ0) is 27.9. The van der Waals surface area contributed by atoms with Crippen LogP contribution in [0.4, 0.5) is 70.7 Å². The molecule has 0 radical (unpaired) electrons. The van der Waals surface area contributed by atoms with Crippen molar-refractivity contribution >= 4 is 12.1 Å². The number of esters is 1. The highest BCUT2D eigenvalue weighted by Gasteiger charge is 2.94. The van der Waals surface area contributed by atoms with Crippen molar-refractivity contribution in [3.05, 3.63) is 0 Å². The lowest BCUT2D eigenvalue weighted by Gasteiger charge is -2.41. The second-order valence-corrected chi connectivity index (χ2v) is 6.78. The second-order valence-electron chi connectivity index (χ2n) is 6.78. The number of carbonyl (C=O) groups excluding carboxylic acids is 1. The minimum Gasteiger partial charge on any atom is -0.465 e. The van der Waals surface area contributed by atoms with Crippen molar-refractivity contribution in [2.45, 2.75) is 68.1 Å². The van der Waals surface area contributed by atoms with Crippen LogP contribution in [0, 0.1) is 0 Å². The molecule has 0 rings (SSSR count). The smallest absolute Gasteiger partial charge is 0.460 e. The predicted octanol–water partition coefficient (Wildman–Crippen LogP) is 5.33. The Bertz CT molecular complexity index is 720. The maximum absolute atomic E-state index is 13.4. The fourth-order valence-corrected chi connectivity index (χ4v) is 1.44. The lowest BCUT2D eigenvalue weighted by molar-refractivity contribution is -0.450. The molecule has 0 unspecified atom stereocenters. The molecule has 0 aliphatic carbocycles. The molecule has 0 bridgehead atoms. The predicted molar refractivity (Wildman–Crippen MR) is 73.8 cm³/mol. The number of carboxylic acid groups (broad SMARTS) is 1. The largest absolute Gasteiger partial charge is 0.465 e. The zero-order valence-corrected chi connectivity index (χ0v) is 15.9. The van der Waals surface area contributed by atoms with Crippen molar-refractivity contribution in [3.63, 3.8) is 0 Å². The Morgan fingerprint density at radius 1 is 0.606 bits per heavy atom. The Morgan fingerprint density at radius 3 is 1.09 bits per heavy atom. The van der Waals surface area contributed by atoms with Gasteiger partial charge in [-0.05, 0) is 20.8 Å². The summed E-state index contributed by atoms with van der Waals surface area (Å²) in [5, 5.41) is 7.19. The molecular formula is C13H12F15NO4. The lowest BCUT2D eigenvalue weighted by Crippen LogP contribution is -2.73. The minimum absolute atomic E-state index is 0.684. The molecule has 0 saturated heterocycles. The number of ether oxygens (including phenoxy) is 1. The molecule has 20 heteroatoms. The van der Waals surface area contributed by atoms with Gasteiger partial charge in [-0.15, -0.1) is 0 Å². The number of rotatable bonds is 6. The summed E-state index contributed by atoms with van der Waals surface area (Å²) < 4.78 is 197. The maximum Gasteiger partial charge on any atom is 0.460 e. The van der Waals surface area contributed by atoms with Gasteiger partial charge in [-0.1, -0.05) is 0 Å². The number of carbonyl (C=O) groups is 2. The van der Waals surface area contributed by atoms with Crippen molar-refractivity contribution in [1.29, 1.82) is 0 Å². The Labute approximate surface area is 172 Å². The molecule has 0 aromatic carbocycles. The minimum atomic E-state index is -8.44. The highest BCUT2D eigenvalue weighted by atomic mass is 19.4. The van der Waals surface area contributed by atoms with Crippen molar-refractivity contribution in [3.8, 4) is 0 Å². The van der Waals surface area contributed by atoms with Crippen LogP contribution >= 0.6 is 0 Å². The Hall–Kier alpha value is -2.31. The first-order valence-corrected chi connectivity index (χ1v) is 7.41. The summed E-state index contributed by atoms with van der Waals surface area (Å²) in [4.78, 5) is 19.7. The van der Waals surface area contributed by atoms with Gasteiger partial charge in [-0.25, -0.2) is 9.59 Å². The Balaban J connectivity index is 0. The highest BCUT2D eigenvalue weighted by molar-refractivity contribution is 5.79. The number of amides is 1. The summed E-state index contributed by atoms with van der Waals surface area (Å²) in [7, 11) is 0. The van der Waals surface area contributed by atoms with E-state index in [1.807, 2.05) is 0 Å². The van der Waals surface area contributed by atoms with E-state index in [0.29, 0.717) is 20.8 Å². The molecule has 0 saturated carbocycles. The van der Waals surface area contributed by atoms with Gasteiger partial charge < -0.3 is 15.6 Å². The summed E-state index contributed by atoms with van der Waals surface area (Å²) in [5.41, 5.74) is 1.88. The third kappa shape index (κ3) is 5.79. The van der Waals surface area contributed by atoms with Gasteiger partial charge in [-0.2, -0.15) is 65.9 Å². The van der Waals surface area contributed by atoms with E-state index in [1.54, 1.807) is 0 Å². The van der Waals surface area contributed by atoms with Gasteiger partial charge in [-0.3, -0.25) is 0 Å². The Kier molecular flexibility index (Phi) is 8.77. The van der Waals surface area contributed by atoms with E-state index in [-0.39, 0.29) is 0 Å². The molecule has 0 atom stereocenters. The van der Waals surface area contributed by atoms with E-state index >= 15 is 0 Å². The van der Waals surface area contributed by atoms with Crippen LogP contribution in [0.2, 0.25) is 0 Å². The molecule has 5 nitrogen and oxygen atoms in total. The quantitative estimate of drug-likeness (QED) is 0.359. The molecule has 33 heavy (non-hydrogen) atoms. The first-order chi connectivity index (χ1) is 13.9. The van der Waals surface area contributed by atoms with E-state index < -0.39 is 59.4 Å². The molecule has 0 spiro atoms. The fourth-order valence-electron chi connectivity index (χ4n) is 1.44. The fraction of sp³-hybridized carbons (Fsp3) is 0.846. The molecule has 0 aliphatic rings. The van der Waals surface area contributed by atoms with Gasteiger partial charge >= 0.3 is 53.8 Å². The Morgan fingerprint density at radius 2 is 0.848 bits per heavy atom. The zero-order valence-electron chi connectivity index (χ0n) is 15.9. The normalized spacial score (nSPS) is 14.8. The topological polar surface area (TPSA) is 89.6 Å². The van der Waals surface area contributed by atoms with Crippen molar-refractivity contribution in [2.75, 3.05) is 0 Å². The molecule has 1 amide bonds. The maximum atomic E-state index is 13.4. The standard InChI is InChI=1S/C12H9F15O2.CH3NO2/c1-5(2,3)29-4(28)6(13,14)7(15,16)8(17,18)9(19,20)10(21,22)11(23,24)12(25,26)27;2-1(3)4/h1-3H3;2H2,(H,3,4). The van der Waals surface area contributed by atoms with E-state index in [4.69, 9.17) is 9.90 Å². The third-order valence-corrected chi connectivity index (χ3v) is 2.98. The number of hydrogen-bond donors (Lipinski definition) is 2. The number of hydrogen-bond acceptors (Lipinski definition) is 3. The number of alkyl halides is 15. The van der Waals surface area contributed by atoms with Gasteiger partial charge in [0.1, 0.15) is 5.60 Å². The van der Waals surface area contributed by atoms with E-state index in [1.165, 1.54) is 0 Å². The van der Waals surface area contributed by atoms with Crippen molar-refractivity contribution < 1.29 is 85.3 Å². The van der Waals surface area contributed by atoms with Crippen molar-refractivity contribution in [1.82, 2.24) is 0 Å². The molecule has 0 aromatic heterocycles. The van der Waals surface area contributed by atoms with Gasteiger partial charge in [0.15, 0.2) is 0 Å². The molecule has 0 aliphatic heterocycles. The number of halogens is 15. The van der Waals surface area contributed by atoms with Gasteiger partial charge in [0, 0.05) is 0 Å². The van der Waals surface area contributed by atoms with Crippen LogP contribution in [0.1, 0.15) is 20.8 Å². The van der Waals surface area contributed by atoms with Gasteiger partial charge in [0.05, 0.1) is 0 Å². The van der Waals surface area contributed by atoms with Crippen molar-refractivity contribution in [2.24, 2.45) is 5.73 Å². The van der Waals surface area contributed by atoms with Gasteiger partial charge in [0.25, 0.3) is 0 Å². The number of primary amides is 1. The number of nitrogens with two attached hydrogens (primary N) is 1. The summed E-state index contributed by atoms with van der Waals surface area (Å²) >= 11 is 0. The van der Waals surface area contributed by atoms with E-state index in [9.17, 15) is 70.7 Å². The van der Waals surface area contributed by atoms with Gasteiger partial charge in [0.2, 0.25) is 0 Å². The van der Waals surface area contributed by atoms with E-state index in [0.717, 1.165) is 0 Å². The summed E-state index contributed by atoms with van der Waals surface area (Å²) in [6.07, 6.45) is -9.01. The van der Waals surface area contributed by atoms with Crippen LogP contribution in [-0.4, -0.2) is 64.5 Å². The first-order valence-electron chi connectivity index (χ1n) is 7.41. The van der Waals surface area contributed by atoms with E-state index in [2.05, 4.69) is 10.5 Å². The van der Waals surface area contributed by atoms with Crippen LogP contribution in [0.25, 0.3) is 0 Å². The summed E-state index contributed by atoms with van der Waals surface area (Å²) in [6, 6.07) is 0. The molecule has 0 aromatic rings. The van der Waals surface area contributed by atoms with Crippen LogP contribution in [0.15, 0.2) is 0 Å². The molecule has 3 N–H and O–H groups in total. The molecule has 0 fully saturated rings. The molecule has 198 valence electrons. The molecule has 0 heterocycles. The van der Waals surface area contributed by atoms with Crippen LogP contribution in [0.3, 0.4) is 0 Å². The van der Waals surface area contributed by atoms with Crippen LogP contribution in [0.5, 0.6) is 0 Å². The first kappa shape index (κ1) is 32.9. The lowest BCUT2D eigenvalue weighted by atomic mass is 9.91. The SMILES string of the molecule is CC(C)(C)OC(=O)C(F)(F)C(F)(F)C(F)(F)C(F)(F)C(F)(F)C(F)(F)C(F)(F)F.NC(=O)O. The second kappa shape index (κ2) is 8.80. The van der Waals surface area contributed by atoms with Crippen LogP contribution < -0.4 is 5.73 Å². The highest BCUT2D eigenvalue weighted by Crippen LogP contribution is 2.62. The average molecular weight is 531 g/mol. The third-order valence-electron chi connectivity index (χ3n) is 2.98.